The van der Waals surface area contributed by atoms with Gasteiger partial charge in [0.05, 0.1) is 12.1 Å². The summed E-state index contributed by atoms with van der Waals surface area (Å²) >= 11 is 0. The summed E-state index contributed by atoms with van der Waals surface area (Å²) in [7, 11) is 0. The van der Waals surface area contributed by atoms with E-state index < -0.39 is 12.1 Å². The standard InChI is InChI=1S/C8H16N2O2/c1-5(2)7(4-11)10-8(12)6(3)9/h4-7H,9H2,1-3H3,(H,10,12)/t6-,7+/m0/s1. The average Bonchev–Trinajstić information content (AvgIpc) is 1.98. The lowest BCUT2D eigenvalue weighted by Crippen LogP contribution is -2.46. The number of aldehydes is 1. The van der Waals surface area contributed by atoms with Crippen molar-refractivity contribution in [1.29, 1.82) is 0 Å². The molecule has 0 bridgehead atoms. The Labute approximate surface area is 72.5 Å². The van der Waals surface area contributed by atoms with Gasteiger partial charge in [-0.2, -0.15) is 0 Å². The van der Waals surface area contributed by atoms with E-state index in [1.165, 1.54) is 0 Å². The van der Waals surface area contributed by atoms with Crippen molar-refractivity contribution in [2.24, 2.45) is 11.7 Å². The van der Waals surface area contributed by atoms with Gasteiger partial charge in [0.2, 0.25) is 5.91 Å². The maximum atomic E-state index is 11.0. The first-order chi connectivity index (χ1) is 5.49. The van der Waals surface area contributed by atoms with E-state index in [-0.39, 0.29) is 11.8 Å². The normalized spacial score (nSPS) is 15.4. The van der Waals surface area contributed by atoms with Crippen LogP contribution in [0, 0.1) is 5.92 Å². The van der Waals surface area contributed by atoms with Crippen LogP contribution in [-0.2, 0) is 9.59 Å². The third-order valence-electron chi connectivity index (χ3n) is 1.59. The van der Waals surface area contributed by atoms with E-state index in [0.29, 0.717) is 0 Å². The maximum Gasteiger partial charge on any atom is 0.237 e. The van der Waals surface area contributed by atoms with Crippen molar-refractivity contribution >= 4 is 12.2 Å². The summed E-state index contributed by atoms with van der Waals surface area (Å²) in [4.78, 5) is 21.5. The van der Waals surface area contributed by atoms with Crippen molar-refractivity contribution in [3.05, 3.63) is 0 Å². The van der Waals surface area contributed by atoms with Gasteiger partial charge in [-0.25, -0.2) is 0 Å². The number of rotatable bonds is 4. The molecule has 0 aromatic heterocycles. The number of amides is 1. The molecule has 0 spiro atoms. The topological polar surface area (TPSA) is 72.2 Å². The number of carbonyl (C=O) groups is 2. The lowest BCUT2D eigenvalue weighted by molar-refractivity contribution is -0.125. The number of nitrogens with two attached hydrogens (primary N) is 1. The molecule has 0 unspecified atom stereocenters. The molecule has 0 rings (SSSR count). The zero-order valence-corrected chi connectivity index (χ0v) is 7.70. The van der Waals surface area contributed by atoms with Crippen LogP contribution < -0.4 is 11.1 Å². The molecule has 0 aliphatic heterocycles. The molecule has 0 heterocycles. The number of nitrogens with one attached hydrogen (secondary N) is 1. The molecule has 2 atom stereocenters. The summed E-state index contributed by atoms with van der Waals surface area (Å²) in [5.74, 6) is -0.189. The van der Waals surface area contributed by atoms with Gasteiger partial charge >= 0.3 is 0 Å². The predicted molar refractivity (Wildman–Crippen MR) is 46.5 cm³/mol. The summed E-state index contributed by atoms with van der Waals surface area (Å²) in [6.45, 7) is 5.30. The zero-order chi connectivity index (χ0) is 9.72. The lowest BCUT2D eigenvalue weighted by Gasteiger charge is -2.17. The fourth-order valence-corrected chi connectivity index (χ4v) is 0.654. The van der Waals surface area contributed by atoms with Crippen LogP contribution in [-0.4, -0.2) is 24.3 Å². The van der Waals surface area contributed by atoms with Crippen LogP contribution in [0.25, 0.3) is 0 Å². The van der Waals surface area contributed by atoms with E-state index in [1.807, 2.05) is 13.8 Å². The highest BCUT2D eigenvalue weighted by atomic mass is 16.2. The highest BCUT2D eigenvalue weighted by Gasteiger charge is 2.16. The average molecular weight is 172 g/mol. The Hall–Kier alpha value is -0.900. The van der Waals surface area contributed by atoms with Gasteiger partial charge < -0.3 is 15.8 Å². The lowest BCUT2D eigenvalue weighted by atomic mass is 10.1. The second-order valence-corrected chi connectivity index (χ2v) is 3.20. The molecule has 0 aliphatic carbocycles. The summed E-state index contributed by atoms with van der Waals surface area (Å²) in [5.41, 5.74) is 5.31. The van der Waals surface area contributed by atoms with Gasteiger partial charge in [0, 0.05) is 0 Å². The van der Waals surface area contributed by atoms with Crippen LogP contribution in [0.4, 0.5) is 0 Å². The molecule has 0 aromatic carbocycles. The van der Waals surface area contributed by atoms with Crippen molar-refractivity contribution in [2.45, 2.75) is 32.9 Å². The molecule has 0 saturated heterocycles. The molecule has 0 fully saturated rings. The van der Waals surface area contributed by atoms with Gasteiger partial charge in [-0.05, 0) is 12.8 Å². The molecule has 70 valence electrons. The first-order valence-electron chi connectivity index (χ1n) is 4.00. The molecule has 0 saturated carbocycles. The van der Waals surface area contributed by atoms with Crippen LogP contribution in [0.2, 0.25) is 0 Å². The minimum Gasteiger partial charge on any atom is -0.345 e. The molecule has 0 radical (unpaired) electrons. The van der Waals surface area contributed by atoms with Crippen molar-refractivity contribution in [1.82, 2.24) is 5.32 Å². The smallest absolute Gasteiger partial charge is 0.237 e. The van der Waals surface area contributed by atoms with Crippen LogP contribution >= 0.6 is 0 Å². The first kappa shape index (κ1) is 11.1. The third kappa shape index (κ3) is 3.48. The van der Waals surface area contributed by atoms with E-state index in [9.17, 15) is 9.59 Å². The molecule has 4 heteroatoms. The van der Waals surface area contributed by atoms with E-state index in [0.717, 1.165) is 6.29 Å². The highest BCUT2D eigenvalue weighted by molar-refractivity contribution is 5.83. The van der Waals surface area contributed by atoms with Crippen molar-refractivity contribution < 1.29 is 9.59 Å². The van der Waals surface area contributed by atoms with Crippen molar-refractivity contribution in [3.63, 3.8) is 0 Å². The Morgan fingerprint density at radius 3 is 2.17 bits per heavy atom. The minimum atomic E-state index is -0.564. The predicted octanol–water partition coefficient (Wildman–Crippen LogP) is -0.327. The summed E-state index contributed by atoms with van der Waals surface area (Å²) in [6.07, 6.45) is 0.727. The van der Waals surface area contributed by atoms with E-state index in [4.69, 9.17) is 5.73 Å². The third-order valence-corrected chi connectivity index (χ3v) is 1.59. The zero-order valence-electron chi connectivity index (χ0n) is 7.70. The van der Waals surface area contributed by atoms with Crippen LogP contribution in [0.5, 0.6) is 0 Å². The second kappa shape index (κ2) is 4.87. The molecular weight excluding hydrogens is 156 g/mol. The van der Waals surface area contributed by atoms with E-state index >= 15 is 0 Å². The molecule has 1 amide bonds. The largest absolute Gasteiger partial charge is 0.345 e. The number of carbonyl (C=O) groups excluding carboxylic acids is 2. The van der Waals surface area contributed by atoms with E-state index in [1.54, 1.807) is 6.92 Å². The molecule has 4 nitrogen and oxygen atoms in total. The minimum absolute atomic E-state index is 0.102. The summed E-state index contributed by atoms with van der Waals surface area (Å²) in [6, 6.07) is -0.991. The maximum absolute atomic E-state index is 11.0. The van der Waals surface area contributed by atoms with Gasteiger partial charge in [-0.3, -0.25) is 4.79 Å². The van der Waals surface area contributed by atoms with Gasteiger partial charge in [-0.15, -0.1) is 0 Å². The summed E-state index contributed by atoms with van der Waals surface area (Å²) < 4.78 is 0. The van der Waals surface area contributed by atoms with Gasteiger partial charge in [0.15, 0.2) is 0 Å². The first-order valence-corrected chi connectivity index (χ1v) is 4.00. The van der Waals surface area contributed by atoms with Crippen LogP contribution in [0.3, 0.4) is 0 Å². The SMILES string of the molecule is CC(C)[C@@H](C=O)NC(=O)[C@H](C)N. The molecule has 3 N–H and O–H groups in total. The molecule has 0 aromatic rings. The Balaban J connectivity index is 4.03. The van der Waals surface area contributed by atoms with Crippen molar-refractivity contribution in [2.75, 3.05) is 0 Å². The van der Waals surface area contributed by atoms with Gasteiger partial charge in [0.1, 0.15) is 6.29 Å². The quantitative estimate of drug-likeness (QED) is 0.570. The molecule has 12 heavy (non-hydrogen) atoms. The monoisotopic (exact) mass is 172 g/mol. The van der Waals surface area contributed by atoms with Gasteiger partial charge in [-0.1, -0.05) is 13.8 Å². The summed E-state index contributed by atoms with van der Waals surface area (Å²) in [5, 5.41) is 2.53. The Morgan fingerprint density at radius 1 is 1.42 bits per heavy atom. The highest BCUT2D eigenvalue weighted by Crippen LogP contribution is 1.98. The van der Waals surface area contributed by atoms with Crippen LogP contribution in [0.1, 0.15) is 20.8 Å². The van der Waals surface area contributed by atoms with Crippen molar-refractivity contribution in [3.8, 4) is 0 Å². The molecule has 0 aliphatic rings. The Bertz CT molecular complexity index is 166. The molecular formula is C8H16N2O2. The number of hydrogen-bond acceptors (Lipinski definition) is 3. The fourth-order valence-electron chi connectivity index (χ4n) is 0.654. The number of hydrogen-bond donors (Lipinski definition) is 2. The van der Waals surface area contributed by atoms with Crippen LogP contribution in [0.15, 0.2) is 0 Å². The second-order valence-electron chi connectivity index (χ2n) is 3.20. The van der Waals surface area contributed by atoms with E-state index in [2.05, 4.69) is 5.32 Å². The van der Waals surface area contributed by atoms with Gasteiger partial charge in [0.25, 0.3) is 0 Å². The Morgan fingerprint density at radius 2 is 1.92 bits per heavy atom. The fraction of sp³-hybridized carbons (Fsp3) is 0.750. The Kier molecular flexibility index (Phi) is 4.51.